The van der Waals surface area contributed by atoms with Crippen LogP contribution in [0.5, 0.6) is 5.75 Å². The molecule has 6 heteroatoms. The highest BCUT2D eigenvalue weighted by molar-refractivity contribution is 5.83. The zero-order chi connectivity index (χ0) is 22.8. The molecule has 1 heterocycles. The number of carbonyl (C=O) groups excluding carboxylic acids is 1. The van der Waals surface area contributed by atoms with Crippen LogP contribution in [0.1, 0.15) is 77.3 Å². The first-order chi connectivity index (χ1) is 14.1. The largest absolute Gasteiger partial charge is 0.485 e. The maximum absolute atomic E-state index is 12.8. The third-order valence-corrected chi connectivity index (χ3v) is 4.27. The molecule has 0 unspecified atom stereocenters. The maximum Gasteiger partial charge on any atom is 0.330 e. The van der Waals surface area contributed by atoms with Crippen LogP contribution in [0.15, 0.2) is 35.9 Å². The first kappa shape index (κ1) is 25.5. The van der Waals surface area contributed by atoms with Gasteiger partial charge >= 0.3 is 5.97 Å². The number of halogens is 2. The molecule has 1 rings (SSSR count). The van der Waals surface area contributed by atoms with Crippen molar-refractivity contribution in [1.29, 1.82) is 0 Å². The number of rotatable bonds is 10. The van der Waals surface area contributed by atoms with Crippen LogP contribution in [-0.4, -0.2) is 30.6 Å². The van der Waals surface area contributed by atoms with E-state index in [1.165, 1.54) is 6.08 Å². The summed E-state index contributed by atoms with van der Waals surface area (Å²) in [6.45, 7) is 13.1. The number of carbonyl (C=O) groups is 1. The van der Waals surface area contributed by atoms with Gasteiger partial charge in [-0.1, -0.05) is 45.9 Å². The lowest BCUT2D eigenvalue weighted by atomic mass is 9.97. The second kappa shape index (κ2) is 12.3. The number of ether oxygens (including phenoxy) is 2. The molecule has 1 aromatic rings. The first-order valence-electron chi connectivity index (χ1n) is 10.2. The molecule has 0 amide bonds. The van der Waals surface area contributed by atoms with Gasteiger partial charge in [0.15, 0.2) is 0 Å². The second-order valence-electron chi connectivity index (χ2n) is 7.67. The summed E-state index contributed by atoms with van der Waals surface area (Å²) in [4.78, 5) is 16.2. The number of aromatic nitrogens is 1. The molecule has 1 aromatic heterocycles. The predicted octanol–water partition coefficient (Wildman–Crippen LogP) is 6.44. The second-order valence-corrected chi connectivity index (χ2v) is 7.67. The van der Waals surface area contributed by atoms with Crippen molar-refractivity contribution < 1.29 is 23.0 Å². The minimum absolute atomic E-state index is 0.0215. The number of hydrogen-bond acceptors (Lipinski definition) is 4. The number of pyridine rings is 1. The maximum atomic E-state index is 12.8. The SMILES string of the molecule is CCOC(=O)/C=C(C)/C=C/C=C(/C)c1cc(C(C)C)nc(C(C)C)c1OCC(F)F. The third kappa shape index (κ3) is 8.09. The summed E-state index contributed by atoms with van der Waals surface area (Å²) < 4.78 is 36.1. The Balaban J connectivity index is 3.35. The summed E-state index contributed by atoms with van der Waals surface area (Å²) in [5.74, 6) is 0.215. The van der Waals surface area contributed by atoms with Crippen LogP contribution in [0, 0.1) is 0 Å². The number of nitrogens with zero attached hydrogens (tertiary/aromatic N) is 1. The van der Waals surface area contributed by atoms with Gasteiger partial charge in [0.1, 0.15) is 12.4 Å². The van der Waals surface area contributed by atoms with Gasteiger partial charge in [0, 0.05) is 17.3 Å². The molecule has 0 aliphatic heterocycles. The van der Waals surface area contributed by atoms with Gasteiger partial charge < -0.3 is 9.47 Å². The zero-order valence-corrected chi connectivity index (χ0v) is 19.0. The van der Waals surface area contributed by atoms with E-state index in [-0.39, 0.29) is 17.8 Å². The molecule has 0 bridgehead atoms. The van der Waals surface area contributed by atoms with Gasteiger partial charge in [0.05, 0.1) is 12.3 Å². The van der Waals surface area contributed by atoms with Crippen LogP contribution in [0.25, 0.3) is 5.57 Å². The zero-order valence-electron chi connectivity index (χ0n) is 19.0. The minimum Gasteiger partial charge on any atom is -0.485 e. The third-order valence-electron chi connectivity index (χ3n) is 4.27. The van der Waals surface area contributed by atoms with E-state index in [0.29, 0.717) is 18.1 Å². The van der Waals surface area contributed by atoms with Gasteiger partial charge in [-0.2, -0.15) is 0 Å². The van der Waals surface area contributed by atoms with Gasteiger partial charge in [-0.25, -0.2) is 13.6 Å². The highest BCUT2D eigenvalue weighted by Crippen LogP contribution is 2.35. The lowest BCUT2D eigenvalue weighted by Crippen LogP contribution is -2.13. The molecule has 0 saturated heterocycles. The predicted molar refractivity (Wildman–Crippen MR) is 117 cm³/mol. The molecule has 0 fully saturated rings. The van der Waals surface area contributed by atoms with Crippen molar-refractivity contribution in [3.8, 4) is 5.75 Å². The van der Waals surface area contributed by atoms with Crippen molar-refractivity contribution in [2.24, 2.45) is 0 Å². The molecule has 0 spiro atoms. The molecule has 30 heavy (non-hydrogen) atoms. The lowest BCUT2D eigenvalue weighted by Gasteiger charge is -2.20. The topological polar surface area (TPSA) is 48.4 Å². The Hall–Kier alpha value is -2.50. The highest BCUT2D eigenvalue weighted by atomic mass is 19.3. The molecule has 0 saturated carbocycles. The normalized spacial score (nSPS) is 13.1. The summed E-state index contributed by atoms with van der Waals surface area (Å²) >= 11 is 0. The van der Waals surface area contributed by atoms with Crippen LogP contribution < -0.4 is 4.74 Å². The van der Waals surface area contributed by atoms with E-state index in [1.807, 2.05) is 52.8 Å². The quantitative estimate of drug-likeness (QED) is 0.248. The monoisotopic (exact) mass is 421 g/mol. The molecule has 4 nitrogen and oxygen atoms in total. The highest BCUT2D eigenvalue weighted by Gasteiger charge is 2.20. The summed E-state index contributed by atoms with van der Waals surface area (Å²) in [6.07, 6.45) is 4.31. The van der Waals surface area contributed by atoms with E-state index in [0.717, 1.165) is 22.4 Å². The molecule has 166 valence electrons. The average Bonchev–Trinajstić information content (AvgIpc) is 2.65. The molecule has 0 aliphatic carbocycles. The van der Waals surface area contributed by atoms with E-state index in [1.54, 1.807) is 19.9 Å². The smallest absolute Gasteiger partial charge is 0.330 e. The molecule has 0 radical (unpaired) electrons. The van der Waals surface area contributed by atoms with Crippen LogP contribution in [0.4, 0.5) is 8.78 Å². The summed E-state index contributed by atoms with van der Waals surface area (Å²) in [6, 6.07) is 1.90. The van der Waals surface area contributed by atoms with E-state index >= 15 is 0 Å². The Kier molecular flexibility index (Phi) is 10.4. The van der Waals surface area contributed by atoms with Crippen molar-refractivity contribution in [2.45, 2.75) is 66.7 Å². The molecular weight excluding hydrogens is 388 g/mol. The fraction of sp³-hybridized carbons (Fsp3) is 0.500. The molecular formula is C24H33F2NO3. The molecule has 0 atom stereocenters. The summed E-state index contributed by atoms with van der Waals surface area (Å²) in [7, 11) is 0. The van der Waals surface area contributed by atoms with Crippen LogP contribution in [0.3, 0.4) is 0 Å². The summed E-state index contributed by atoms with van der Waals surface area (Å²) in [5.41, 5.74) is 3.90. The van der Waals surface area contributed by atoms with E-state index in [2.05, 4.69) is 4.98 Å². The van der Waals surface area contributed by atoms with Crippen molar-refractivity contribution in [3.05, 3.63) is 52.9 Å². The first-order valence-corrected chi connectivity index (χ1v) is 10.2. The number of allylic oxidation sites excluding steroid dienone is 5. The summed E-state index contributed by atoms with van der Waals surface area (Å²) in [5, 5.41) is 0. The molecule has 0 aliphatic rings. The van der Waals surface area contributed by atoms with Crippen molar-refractivity contribution >= 4 is 11.5 Å². The minimum atomic E-state index is -2.57. The molecule has 0 aromatic carbocycles. The Morgan fingerprint density at radius 3 is 2.37 bits per heavy atom. The lowest BCUT2D eigenvalue weighted by molar-refractivity contribution is -0.137. The van der Waals surface area contributed by atoms with Crippen molar-refractivity contribution in [2.75, 3.05) is 13.2 Å². The van der Waals surface area contributed by atoms with Crippen molar-refractivity contribution in [3.63, 3.8) is 0 Å². The van der Waals surface area contributed by atoms with Crippen molar-refractivity contribution in [1.82, 2.24) is 4.98 Å². The fourth-order valence-electron chi connectivity index (χ4n) is 2.70. The van der Waals surface area contributed by atoms with Gasteiger partial charge in [0.2, 0.25) is 0 Å². The van der Waals surface area contributed by atoms with Crippen LogP contribution in [0.2, 0.25) is 0 Å². The van der Waals surface area contributed by atoms with E-state index < -0.39 is 13.0 Å². The van der Waals surface area contributed by atoms with Gasteiger partial charge in [-0.3, -0.25) is 4.98 Å². The number of hydrogen-bond donors (Lipinski definition) is 0. The van der Waals surface area contributed by atoms with Gasteiger partial charge in [-0.15, -0.1) is 0 Å². The van der Waals surface area contributed by atoms with E-state index in [9.17, 15) is 13.6 Å². The Labute approximate surface area is 178 Å². The molecule has 0 N–H and O–H groups in total. The van der Waals surface area contributed by atoms with E-state index in [4.69, 9.17) is 9.47 Å². The van der Waals surface area contributed by atoms with Gasteiger partial charge in [0.25, 0.3) is 6.43 Å². The fourth-order valence-corrected chi connectivity index (χ4v) is 2.70. The van der Waals surface area contributed by atoms with Crippen LogP contribution >= 0.6 is 0 Å². The Morgan fingerprint density at radius 2 is 1.83 bits per heavy atom. The number of alkyl halides is 2. The Morgan fingerprint density at radius 1 is 1.17 bits per heavy atom. The standard InChI is InChI=1S/C24H33F2NO3/c1-8-29-22(28)12-17(6)10-9-11-18(7)19-13-20(15(2)3)27-23(16(4)5)24(19)30-14-21(25)26/h9-13,15-16,21H,8,14H2,1-7H3/b10-9+,17-12+,18-11-. The average molecular weight is 422 g/mol. The Bertz CT molecular complexity index is 809. The van der Waals surface area contributed by atoms with Gasteiger partial charge in [-0.05, 0) is 49.8 Å². The number of esters is 1. The van der Waals surface area contributed by atoms with Crippen LogP contribution in [-0.2, 0) is 9.53 Å².